The van der Waals surface area contributed by atoms with E-state index in [4.69, 9.17) is 11.6 Å². The second-order valence-corrected chi connectivity index (χ2v) is 6.27. The van der Waals surface area contributed by atoms with E-state index in [9.17, 15) is 14.0 Å². The van der Waals surface area contributed by atoms with Crippen LogP contribution in [0.4, 0.5) is 14.9 Å². The molecule has 0 saturated carbocycles. The molecular weight excluding hydrogens is 345 g/mol. The molecule has 3 amide bonds. The fourth-order valence-electron chi connectivity index (χ4n) is 2.70. The summed E-state index contributed by atoms with van der Waals surface area (Å²) in [5, 5.41) is 6.09. The van der Waals surface area contributed by atoms with E-state index in [1.54, 1.807) is 41.3 Å². The number of urea groups is 1. The third kappa shape index (κ3) is 4.48. The minimum absolute atomic E-state index is 0.0499. The third-order valence-corrected chi connectivity index (χ3v) is 4.22. The van der Waals surface area contributed by atoms with Crippen molar-refractivity contribution < 1.29 is 14.0 Å². The monoisotopic (exact) mass is 361 g/mol. The molecule has 2 aromatic rings. The Hall–Kier alpha value is -2.60. The molecule has 0 aromatic heterocycles. The van der Waals surface area contributed by atoms with Crippen LogP contribution in [0.1, 0.15) is 12.0 Å². The number of hydrogen-bond acceptors (Lipinski definition) is 2. The van der Waals surface area contributed by atoms with Crippen LogP contribution in [-0.2, 0) is 11.3 Å². The zero-order chi connectivity index (χ0) is 17.8. The van der Waals surface area contributed by atoms with Gasteiger partial charge in [0.25, 0.3) is 0 Å². The largest absolute Gasteiger partial charge is 0.334 e. The molecule has 25 heavy (non-hydrogen) atoms. The first-order valence-corrected chi connectivity index (χ1v) is 8.24. The number of amides is 3. The predicted molar refractivity (Wildman–Crippen MR) is 94.0 cm³/mol. The van der Waals surface area contributed by atoms with Crippen LogP contribution >= 0.6 is 11.6 Å². The second-order valence-electron chi connectivity index (χ2n) is 5.84. The standard InChI is InChI=1S/C18H17ClFN3O2/c19-13-3-7-16(8-4-13)23-11-15(9-17(23)24)22-18(25)21-10-12-1-5-14(20)6-2-12/h1-8,15H,9-11H2,(H2,21,22,25)/t15-/m1/s1. The molecule has 7 heteroatoms. The van der Waals surface area contributed by atoms with Gasteiger partial charge in [0, 0.05) is 30.2 Å². The summed E-state index contributed by atoms with van der Waals surface area (Å²) in [7, 11) is 0. The number of carbonyl (C=O) groups excluding carboxylic acids is 2. The van der Waals surface area contributed by atoms with Gasteiger partial charge in [-0.1, -0.05) is 23.7 Å². The van der Waals surface area contributed by atoms with Crippen LogP contribution in [-0.4, -0.2) is 24.5 Å². The summed E-state index contributed by atoms with van der Waals surface area (Å²) in [5.41, 5.74) is 1.55. The molecule has 1 aliphatic heterocycles. The van der Waals surface area contributed by atoms with Crippen molar-refractivity contribution in [3.05, 3.63) is 64.9 Å². The van der Waals surface area contributed by atoms with E-state index in [0.717, 1.165) is 11.3 Å². The average Bonchev–Trinajstić information content (AvgIpc) is 2.95. The van der Waals surface area contributed by atoms with Crippen molar-refractivity contribution in [2.75, 3.05) is 11.4 Å². The van der Waals surface area contributed by atoms with Crippen molar-refractivity contribution in [3.63, 3.8) is 0 Å². The first-order chi connectivity index (χ1) is 12.0. The fourth-order valence-corrected chi connectivity index (χ4v) is 2.82. The Balaban J connectivity index is 1.51. The maximum Gasteiger partial charge on any atom is 0.315 e. The van der Waals surface area contributed by atoms with E-state index < -0.39 is 0 Å². The minimum atomic E-state index is -0.361. The van der Waals surface area contributed by atoms with Gasteiger partial charge in [-0.25, -0.2) is 9.18 Å². The SMILES string of the molecule is O=C(NCc1ccc(F)cc1)N[C@@H]1CC(=O)N(c2ccc(Cl)cc2)C1. The van der Waals surface area contributed by atoms with E-state index >= 15 is 0 Å². The summed E-state index contributed by atoms with van der Waals surface area (Å²) in [6, 6.07) is 12.3. The van der Waals surface area contributed by atoms with Crippen molar-refractivity contribution in [3.8, 4) is 0 Å². The van der Waals surface area contributed by atoms with Crippen LogP contribution in [0.25, 0.3) is 0 Å². The maximum absolute atomic E-state index is 12.8. The van der Waals surface area contributed by atoms with Gasteiger partial charge in [0.15, 0.2) is 0 Å². The molecule has 2 aromatic carbocycles. The molecule has 130 valence electrons. The zero-order valence-corrected chi connectivity index (χ0v) is 14.1. The maximum atomic E-state index is 12.8. The number of rotatable bonds is 4. The van der Waals surface area contributed by atoms with Gasteiger partial charge >= 0.3 is 6.03 Å². The lowest BCUT2D eigenvalue weighted by Crippen LogP contribution is -2.43. The van der Waals surface area contributed by atoms with Crippen molar-refractivity contribution in [1.82, 2.24) is 10.6 Å². The number of nitrogens with zero attached hydrogens (tertiary/aromatic N) is 1. The van der Waals surface area contributed by atoms with Crippen LogP contribution < -0.4 is 15.5 Å². The molecular formula is C18H17ClFN3O2. The first kappa shape index (κ1) is 17.2. The van der Waals surface area contributed by atoms with Gasteiger partial charge in [-0.05, 0) is 42.0 Å². The molecule has 0 spiro atoms. The Labute approximate surface area is 149 Å². The highest BCUT2D eigenvalue weighted by Crippen LogP contribution is 2.23. The highest BCUT2D eigenvalue weighted by molar-refractivity contribution is 6.30. The normalized spacial score (nSPS) is 16.8. The van der Waals surface area contributed by atoms with Crippen LogP contribution in [0.5, 0.6) is 0 Å². The summed E-state index contributed by atoms with van der Waals surface area (Å²) in [6.45, 7) is 0.693. The summed E-state index contributed by atoms with van der Waals surface area (Å²) in [5.74, 6) is -0.369. The van der Waals surface area contributed by atoms with Crippen molar-refractivity contribution >= 4 is 29.2 Å². The fraction of sp³-hybridized carbons (Fsp3) is 0.222. The summed E-state index contributed by atoms with van der Waals surface area (Å²) in [4.78, 5) is 25.8. The summed E-state index contributed by atoms with van der Waals surface area (Å²) >= 11 is 5.86. The Kier molecular flexibility index (Phi) is 5.19. The molecule has 1 heterocycles. The number of hydrogen-bond donors (Lipinski definition) is 2. The van der Waals surface area contributed by atoms with Gasteiger partial charge < -0.3 is 15.5 Å². The van der Waals surface area contributed by atoms with Crippen LogP contribution in [0, 0.1) is 5.82 Å². The van der Waals surface area contributed by atoms with Crippen LogP contribution in [0.15, 0.2) is 48.5 Å². The molecule has 0 radical (unpaired) electrons. The molecule has 0 aliphatic carbocycles. The van der Waals surface area contributed by atoms with Gasteiger partial charge in [-0.15, -0.1) is 0 Å². The molecule has 1 aliphatic rings. The van der Waals surface area contributed by atoms with Gasteiger partial charge in [0.1, 0.15) is 5.82 Å². The van der Waals surface area contributed by atoms with Gasteiger partial charge in [-0.2, -0.15) is 0 Å². The van der Waals surface area contributed by atoms with Crippen molar-refractivity contribution in [1.29, 1.82) is 0 Å². The second kappa shape index (κ2) is 7.53. The highest BCUT2D eigenvalue weighted by Gasteiger charge is 2.31. The van der Waals surface area contributed by atoms with E-state index in [-0.39, 0.29) is 36.8 Å². The Morgan fingerprint density at radius 2 is 1.84 bits per heavy atom. The quantitative estimate of drug-likeness (QED) is 0.879. The lowest BCUT2D eigenvalue weighted by Gasteiger charge is -2.17. The molecule has 1 fully saturated rings. The van der Waals surface area contributed by atoms with Crippen molar-refractivity contribution in [2.24, 2.45) is 0 Å². The molecule has 2 N–H and O–H groups in total. The van der Waals surface area contributed by atoms with Gasteiger partial charge in [0.05, 0.1) is 6.04 Å². The topological polar surface area (TPSA) is 61.4 Å². The van der Waals surface area contributed by atoms with E-state index in [0.29, 0.717) is 11.6 Å². The lowest BCUT2D eigenvalue weighted by molar-refractivity contribution is -0.117. The molecule has 1 atom stereocenters. The average molecular weight is 362 g/mol. The molecule has 5 nitrogen and oxygen atoms in total. The minimum Gasteiger partial charge on any atom is -0.334 e. The van der Waals surface area contributed by atoms with Gasteiger partial charge in [0.2, 0.25) is 5.91 Å². The van der Waals surface area contributed by atoms with Crippen LogP contribution in [0.3, 0.4) is 0 Å². The summed E-state index contributed by atoms with van der Waals surface area (Å²) in [6.07, 6.45) is 0.243. The number of carbonyl (C=O) groups is 2. The zero-order valence-electron chi connectivity index (χ0n) is 13.3. The van der Waals surface area contributed by atoms with Crippen LogP contribution in [0.2, 0.25) is 5.02 Å². The first-order valence-electron chi connectivity index (χ1n) is 7.86. The van der Waals surface area contributed by atoms with E-state index in [2.05, 4.69) is 10.6 Å². The van der Waals surface area contributed by atoms with Gasteiger partial charge in [-0.3, -0.25) is 4.79 Å². The number of benzene rings is 2. The molecule has 0 unspecified atom stereocenters. The highest BCUT2D eigenvalue weighted by atomic mass is 35.5. The summed E-state index contributed by atoms with van der Waals surface area (Å²) < 4.78 is 12.8. The van der Waals surface area contributed by atoms with Crippen molar-refractivity contribution in [2.45, 2.75) is 19.0 Å². The molecule has 0 bridgehead atoms. The molecule has 1 saturated heterocycles. The number of nitrogens with one attached hydrogen (secondary N) is 2. The lowest BCUT2D eigenvalue weighted by atomic mass is 10.2. The number of halogens is 2. The predicted octanol–water partition coefficient (Wildman–Crippen LogP) is 3.08. The number of anilines is 1. The Bertz CT molecular complexity index is 765. The van der Waals surface area contributed by atoms with E-state index in [1.165, 1.54) is 12.1 Å². The Morgan fingerprint density at radius 1 is 1.16 bits per heavy atom. The smallest absolute Gasteiger partial charge is 0.315 e. The Morgan fingerprint density at radius 3 is 2.52 bits per heavy atom. The third-order valence-electron chi connectivity index (χ3n) is 3.96. The molecule has 3 rings (SSSR count). The van der Waals surface area contributed by atoms with E-state index in [1.807, 2.05) is 0 Å².